The number of hydrogen-bond acceptors (Lipinski definition) is 3. The van der Waals surface area contributed by atoms with Gasteiger partial charge in [0, 0.05) is 43.3 Å². The molecular formula is C28H33N5OS. The third-order valence-electron chi connectivity index (χ3n) is 7.15. The van der Waals surface area contributed by atoms with Crippen molar-refractivity contribution < 1.29 is 4.79 Å². The van der Waals surface area contributed by atoms with E-state index in [1.165, 1.54) is 37.7 Å². The van der Waals surface area contributed by atoms with Gasteiger partial charge in [0.05, 0.1) is 17.8 Å². The fraction of sp³-hybridized carbons (Fsp3) is 0.393. The van der Waals surface area contributed by atoms with Gasteiger partial charge in [0.15, 0.2) is 5.11 Å². The first-order chi connectivity index (χ1) is 17.1. The van der Waals surface area contributed by atoms with Crippen LogP contribution in [0.4, 0.5) is 5.69 Å². The number of amides is 1. The number of hydrogen-bond donors (Lipinski definition) is 2. The number of nitrogens with one attached hydrogen (secondary N) is 2. The molecule has 6 nitrogen and oxygen atoms in total. The zero-order valence-electron chi connectivity index (χ0n) is 20.2. The SMILES string of the molecule is Cc1cccc(NC(=O)CCN2C(=S)N[C@H](c3ccccn3)[C@H]2c2ccn(C3CCCCC3)c2)c1. The second-order valence-corrected chi connectivity index (χ2v) is 10.1. The average molecular weight is 488 g/mol. The van der Waals surface area contributed by atoms with Gasteiger partial charge in [0.2, 0.25) is 5.91 Å². The van der Waals surface area contributed by atoms with Gasteiger partial charge in [0.25, 0.3) is 0 Å². The van der Waals surface area contributed by atoms with Gasteiger partial charge in [-0.05, 0) is 73.4 Å². The average Bonchev–Trinajstić information content (AvgIpc) is 3.48. The van der Waals surface area contributed by atoms with Gasteiger partial charge < -0.3 is 20.1 Å². The first-order valence-corrected chi connectivity index (χ1v) is 13.0. The van der Waals surface area contributed by atoms with E-state index in [1.54, 1.807) is 0 Å². The largest absolute Gasteiger partial charge is 0.352 e. The highest BCUT2D eigenvalue weighted by Crippen LogP contribution is 2.39. The lowest BCUT2D eigenvalue weighted by molar-refractivity contribution is -0.116. The maximum absolute atomic E-state index is 12.8. The minimum Gasteiger partial charge on any atom is -0.352 e. The van der Waals surface area contributed by atoms with Crippen LogP contribution in [0.2, 0.25) is 0 Å². The van der Waals surface area contributed by atoms with Crippen molar-refractivity contribution in [2.75, 3.05) is 11.9 Å². The van der Waals surface area contributed by atoms with E-state index in [1.807, 2.05) is 55.6 Å². The predicted octanol–water partition coefficient (Wildman–Crippen LogP) is 5.70. The number of nitrogens with zero attached hydrogens (tertiary/aromatic N) is 3. The Morgan fingerprint density at radius 3 is 2.77 bits per heavy atom. The molecule has 3 heterocycles. The van der Waals surface area contributed by atoms with Crippen molar-refractivity contribution >= 4 is 28.9 Å². The summed E-state index contributed by atoms with van der Waals surface area (Å²) in [6.07, 6.45) is 13.1. The summed E-state index contributed by atoms with van der Waals surface area (Å²) in [4.78, 5) is 19.6. The summed E-state index contributed by atoms with van der Waals surface area (Å²) in [6.45, 7) is 2.55. The zero-order valence-corrected chi connectivity index (χ0v) is 21.0. The van der Waals surface area contributed by atoms with Crippen molar-refractivity contribution in [2.24, 2.45) is 0 Å². The summed E-state index contributed by atoms with van der Waals surface area (Å²) in [5.41, 5.74) is 4.10. The highest BCUT2D eigenvalue weighted by atomic mass is 32.1. The minimum absolute atomic E-state index is 0.0155. The first kappa shape index (κ1) is 23.5. The van der Waals surface area contributed by atoms with Gasteiger partial charge in [-0.3, -0.25) is 9.78 Å². The molecule has 7 heteroatoms. The van der Waals surface area contributed by atoms with Crippen LogP contribution < -0.4 is 10.6 Å². The highest BCUT2D eigenvalue weighted by molar-refractivity contribution is 7.80. The van der Waals surface area contributed by atoms with Gasteiger partial charge in [-0.15, -0.1) is 0 Å². The summed E-state index contributed by atoms with van der Waals surface area (Å²) in [5, 5.41) is 7.18. The number of anilines is 1. The van der Waals surface area contributed by atoms with E-state index in [2.05, 4.69) is 43.5 Å². The van der Waals surface area contributed by atoms with Crippen molar-refractivity contribution in [3.8, 4) is 0 Å². The summed E-state index contributed by atoms with van der Waals surface area (Å²) in [5.74, 6) is -0.0155. The maximum Gasteiger partial charge on any atom is 0.226 e. The number of carbonyl (C=O) groups is 1. The van der Waals surface area contributed by atoms with Crippen molar-refractivity contribution in [1.29, 1.82) is 0 Å². The van der Waals surface area contributed by atoms with Gasteiger partial charge in [-0.25, -0.2) is 0 Å². The molecule has 2 aliphatic rings. The first-order valence-electron chi connectivity index (χ1n) is 12.6. The number of aryl methyl sites for hydroxylation is 1. The standard InChI is InChI=1S/C28H33N5OS/c1-20-8-7-9-22(18-20)30-25(34)14-17-33-27(26(31-28(33)35)24-12-5-6-15-29-24)21-13-16-32(19-21)23-10-3-2-4-11-23/h5-9,12-13,15-16,18-19,23,26-27H,2-4,10-11,14,17H2,1H3,(H,30,34)(H,31,35)/t26-,27-/m1/s1. The Kier molecular flexibility index (Phi) is 7.13. The van der Waals surface area contributed by atoms with E-state index in [0.717, 1.165) is 16.9 Å². The predicted molar refractivity (Wildman–Crippen MR) is 143 cm³/mol. The number of rotatable bonds is 7. The fourth-order valence-corrected chi connectivity index (χ4v) is 5.72. The molecule has 2 fully saturated rings. The van der Waals surface area contributed by atoms with Gasteiger partial charge >= 0.3 is 0 Å². The monoisotopic (exact) mass is 487 g/mol. The zero-order chi connectivity index (χ0) is 24.2. The van der Waals surface area contributed by atoms with Crippen molar-refractivity contribution in [3.63, 3.8) is 0 Å². The summed E-state index contributed by atoms with van der Waals surface area (Å²) >= 11 is 5.77. The molecule has 1 saturated carbocycles. The topological polar surface area (TPSA) is 62.2 Å². The molecule has 1 aliphatic carbocycles. The number of aromatic nitrogens is 2. The van der Waals surface area contributed by atoms with Gasteiger partial charge in [0.1, 0.15) is 0 Å². The third-order valence-corrected chi connectivity index (χ3v) is 7.51. The van der Waals surface area contributed by atoms with Crippen LogP contribution in [0.15, 0.2) is 67.1 Å². The molecule has 1 amide bonds. The Hall–Kier alpha value is -3.19. The number of pyridine rings is 1. The van der Waals surface area contributed by atoms with Crippen molar-refractivity contribution in [1.82, 2.24) is 19.8 Å². The summed E-state index contributed by atoms with van der Waals surface area (Å²) in [7, 11) is 0. The molecule has 0 bridgehead atoms. The van der Waals surface area contributed by atoms with Crippen LogP contribution in [0.3, 0.4) is 0 Å². The van der Waals surface area contributed by atoms with E-state index in [4.69, 9.17) is 12.2 Å². The molecule has 1 aromatic carbocycles. The Balaban J connectivity index is 1.35. The Bertz CT molecular complexity index is 1170. The molecule has 2 atom stereocenters. The third kappa shape index (κ3) is 5.40. The van der Waals surface area contributed by atoms with Crippen LogP contribution in [0.5, 0.6) is 0 Å². The van der Waals surface area contributed by atoms with E-state index in [0.29, 0.717) is 24.1 Å². The number of carbonyl (C=O) groups excluding carboxylic acids is 1. The van der Waals surface area contributed by atoms with E-state index in [9.17, 15) is 4.79 Å². The molecule has 1 aliphatic heterocycles. The van der Waals surface area contributed by atoms with Crippen molar-refractivity contribution in [2.45, 2.75) is 63.6 Å². The molecule has 0 spiro atoms. The van der Waals surface area contributed by atoms with Gasteiger partial charge in [-0.2, -0.15) is 0 Å². The normalized spacial score (nSPS) is 20.6. The van der Waals surface area contributed by atoms with Crippen LogP contribution in [-0.4, -0.2) is 32.0 Å². The van der Waals surface area contributed by atoms with Crippen molar-refractivity contribution in [3.05, 3.63) is 83.9 Å². The minimum atomic E-state index is -0.0641. The summed E-state index contributed by atoms with van der Waals surface area (Å²) < 4.78 is 2.38. The highest BCUT2D eigenvalue weighted by Gasteiger charge is 2.40. The molecule has 2 aromatic heterocycles. The van der Waals surface area contributed by atoms with E-state index < -0.39 is 0 Å². The molecule has 2 N–H and O–H groups in total. The molecule has 3 aromatic rings. The van der Waals surface area contributed by atoms with Crippen LogP contribution in [0, 0.1) is 6.92 Å². The fourth-order valence-electron chi connectivity index (χ4n) is 5.39. The second-order valence-electron chi connectivity index (χ2n) is 9.67. The Morgan fingerprint density at radius 2 is 2.00 bits per heavy atom. The molecule has 0 unspecified atom stereocenters. The molecule has 1 saturated heterocycles. The molecule has 5 rings (SSSR count). The Labute approximate surface area is 212 Å². The number of thiocarbonyl (C=S) groups is 1. The lowest BCUT2D eigenvalue weighted by Gasteiger charge is -2.27. The quantitative estimate of drug-likeness (QED) is 0.419. The molecular weight excluding hydrogens is 454 g/mol. The number of benzene rings is 1. The van der Waals surface area contributed by atoms with E-state index in [-0.39, 0.29) is 18.0 Å². The lowest BCUT2D eigenvalue weighted by Crippen LogP contribution is -2.32. The van der Waals surface area contributed by atoms with Crippen LogP contribution in [0.1, 0.15) is 73.5 Å². The maximum atomic E-state index is 12.8. The van der Waals surface area contributed by atoms with Crippen LogP contribution in [-0.2, 0) is 4.79 Å². The van der Waals surface area contributed by atoms with Gasteiger partial charge in [-0.1, -0.05) is 37.5 Å². The molecule has 0 radical (unpaired) electrons. The Morgan fingerprint density at radius 1 is 1.14 bits per heavy atom. The molecule has 35 heavy (non-hydrogen) atoms. The molecule has 182 valence electrons. The summed E-state index contributed by atoms with van der Waals surface area (Å²) in [6, 6.07) is 16.5. The van der Waals surface area contributed by atoms with Crippen LogP contribution in [0.25, 0.3) is 0 Å². The van der Waals surface area contributed by atoms with Crippen LogP contribution >= 0.6 is 12.2 Å². The van der Waals surface area contributed by atoms with E-state index >= 15 is 0 Å². The smallest absolute Gasteiger partial charge is 0.226 e. The second kappa shape index (κ2) is 10.6. The lowest BCUT2D eigenvalue weighted by atomic mass is 9.95.